The normalized spacial score (nSPS) is 15.0. The number of nitrogens with zero attached hydrogens (tertiary/aromatic N) is 2. The zero-order valence-corrected chi connectivity index (χ0v) is 18.0. The summed E-state index contributed by atoms with van der Waals surface area (Å²) >= 11 is 5.88. The van der Waals surface area contributed by atoms with Crippen molar-refractivity contribution < 1.29 is 14.3 Å². The number of nitrogens with one attached hydrogen (secondary N) is 2. The fourth-order valence-electron chi connectivity index (χ4n) is 3.21. The number of halogens is 1. The van der Waals surface area contributed by atoms with Gasteiger partial charge in [-0.15, -0.1) is 0 Å². The summed E-state index contributed by atoms with van der Waals surface area (Å²) in [6, 6.07) is 9.61. The number of carbonyl (C=O) groups is 2. The minimum Gasteiger partial charge on any atom is -0.378 e. The van der Waals surface area contributed by atoms with E-state index in [1.54, 1.807) is 30.5 Å². The zero-order chi connectivity index (χ0) is 21.5. The quantitative estimate of drug-likeness (QED) is 0.703. The van der Waals surface area contributed by atoms with E-state index in [4.69, 9.17) is 16.3 Å². The van der Waals surface area contributed by atoms with Gasteiger partial charge in [0.1, 0.15) is 11.9 Å². The highest BCUT2D eigenvalue weighted by molar-refractivity contribution is 6.30. The molecule has 1 aromatic heterocycles. The fraction of sp³-hybridized carbons (Fsp3) is 0.409. The van der Waals surface area contributed by atoms with Gasteiger partial charge in [0.25, 0.3) is 5.91 Å². The van der Waals surface area contributed by atoms with Gasteiger partial charge in [0.15, 0.2) is 0 Å². The standard InChI is InChI=1S/C22H27ClN4O3/c1-15(2)13-19(26-21(28)16-3-5-17(23)6-4-16)22(29)25-18-7-8-20(24-14-18)27-9-11-30-12-10-27/h3-8,14-15,19H,9-13H2,1-2H3,(H,25,29)(H,26,28). The van der Waals surface area contributed by atoms with E-state index in [0.717, 1.165) is 18.9 Å². The molecule has 1 fully saturated rings. The molecular formula is C22H27ClN4O3. The summed E-state index contributed by atoms with van der Waals surface area (Å²) in [7, 11) is 0. The lowest BCUT2D eigenvalue weighted by atomic mass is 10.0. The number of amides is 2. The Labute approximate surface area is 181 Å². The van der Waals surface area contributed by atoms with Crippen molar-refractivity contribution in [1.29, 1.82) is 0 Å². The molecule has 0 radical (unpaired) electrons. The number of rotatable bonds is 7. The highest BCUT2D eigenvalue weighted by Crippen LogP contribution is 2.17. The molecule has 2 amide bonds. The van der Waals surface area contributed by atoms with Gasteiger partial charge in [-0.1, -0.05) is 25.4 Å². The monoisotopic (exact) mass is 430 g/mol. The maximum Gasteiger partial charge on any atom is 0.251 e. The second kappa shape index (κ2) is 10.4. The molecular weight excluding hydrogens is 404 g/mol. The molecule has 1 atom stereocenters. The van der Waals surface area contributed by atoms with Gasteiger partial charge in [-0.05, 0) is 48.7 Å². The maximum atomic E-state index is 12.9. The van der Waals surface area contributed by atoms with E-state index >= 15 is 0 Å². The Morgan fingerprint density at radius 3 is 2.43 bits per heavy atom. The first-order valence-corrected chi connectivity index (χ1v) is 10.5. The van der Waals surface area contributed by atoms with Crippen LogP contribution in [0.3, 0.4) is 0 Å². The fourth-order valence-corrected chi connectivity index (χ4v) is 3.34. The van der Waals surface area contributed by atoms with Crippen molar-refractivity contribution >= 4 is 34.9 Å². The predicted octanol–water partition coefficient (Wildman–Crippen LogP) is 3.35. The van der Waals surface area contributed by atoms with Gasteiger partial charge >= 0.3 is 0 Å². The zero-order valence-electron chi connectivity index (χ0n) is 17.2. The van der Waals surface area contributed by atoms with E-state index in [0.29, 0.717) is 35.9 Å². The Bertz CT molecular complexity index is 850. The van der Waals surface area contributed by atoms with Gasteiger partial charge in [0, 0.05) is 23.7 Å². The number of aromatic nitrogens is 1. The molecule has 1 aliphatic rings. The number of pyridine rings is 1. The Balaban J connectivity index is 1.64. The molecule has 8 heteroatoms. The first-order chi connectivity index (χ1) is 14.4. The smallest absolute Gasteiger partial charge is 0.251 e. The van der Waals surface area contributed by atoms with Gasteiger partial charge in [-0.3, -0.25) is 9.59 Å². The Kier molecular flexibility index (Phi) is 7.65. The Hall–Kier alpha value is -2.64. The Morgan fingerprint density at radius 1 is 1.13 bits per heavy atom. The molecule has 30 heavy (non-hydrogen) atoms. The number of morpholine rings is 1. The molecule has 0 aliphatic carbocycles. The van der Waals surface area contributed by atoms with Crippen LogP contribution in [-0.4, -0.2) is 49.1 Å². The van der Waals surface area contributed by atoms with Gasteiger partial charge in [0.2, 0.25) is 5.91 Å². The van der Waals surface area contributed by atoms with E-state index in [9.17, 15) is 9.59 Å². The van der Waals surface area contributed by atoms with Crippen molar-refractivity contribution in [3.63, 3.8) is 0 Å². The van der Waals surface area contributed by atoms with Crippen molar-refractivity contribution in [3.05, 3.63) is 53.2 Å². The van der Waals surface area contributed by atoms with Crippen LogP contribution in [0.1, 0.15) is 30.6 Å². The average molecular weight is 431 g/mol. The molecule has 0 spiro atoms. The largest absolute Gasteiger partial charge is 0.378 e. The van der Waals surface area contributed by atoms with E-state index < -0.39 is 6.04 Å². The van der Waals surface area contributed by atoms with Gasteiger partial charge in [-0.2, -0.15) is 0 Å². The van der Waals surface area contributed by atoms with Crippen LogP contribution in [0, 0.1) is 5.92 Å². The molecule has 1 saturated heterocycles. The van der Waals surface area contributed by atoms with E-state index in [2.05, 4.69) is 20.5 Å². The van der Waals surface area contributed by atoms with E-state index in [1.807, 2.05) is 26.0 Å². The average Bonchev–Trinajstić information content (AvgIpc) is 2.74. The van der Waals surface area contributed by atoms with Crippen LogP contribution < -0.4 is 15.5 Å². The molecule has 3 rings (SSSR count). The van der Waals surface area contributed by atoms with Crippen molar-refractivity contribution in [1.82, 2.24) is 10.3 Å². The molecule has 2 aromatic rings. The number of hydrogen-bond acceptors (Lipinski definition) is 5. The third-order valence-corrected chi connectivity index (χ3v) is 5.04. The molecule has 1 aliphatic heterocycles. The molecule has 160 valence electrons. The van der Waals surface area contributed by atoms with Gasteiger partial charge < -0.3 is 20.3 Å². The van der Waals surface area contributed by atoms with Crippen molar-refractivity contribution in [3.8, 4) is 0 Å². The lowest BCUT2D eigenvalue weighted by Crippen LogP contribution is -2.44. The first-order valence-electron chi connectivity index (χ1n) is 10.1. The third kappa shape index (κ3) is 6.18. The number of hydrogen-bond donors (Lipinski definition) is 2. The number of benzene rings is 1. The number of anilines is 2. The molecule has 0 saturated carbocycles. The summed E-state index contributed by atoms with van der Waals surface area (Å²) in [4.78, 5) is 32.0. The summed E-state index contributed by atoms with van der Waals surface area (Å²) in [5, 5.41) is 6.25. The number of carbonyl (C=O) groups excluding carboxylic acids is 2. The minimum absolute atomic E-state index is 0.230. The lowest BCUT2D eigenvalue weighted by Gasteiger charge is -2.27. The van der Waals surface area contributed by atoms with Crippen LogP contribution >= 0.6 is 11.6 Å². The van der Waals surface area contributed by atoms with Gasteiger partial charge in [0.05, 0.1) is 25.1 Å². The topological polar surface area (TPSA) is 83.6 Å². The molecule has 7 nitrogen and oxygen atoms in total. The summed E-state index contributed by atoms with van der Waals surface area (Å²) < 4.78 is 5.36. The highest BCUT2D eigenvalue weighted by atomic mass is 35.5. The van der Waals surface area contributed by atoms with Crippen molar-refractivity contribution in [2.45, 2.75) is 26.3 Å². The van der Waals surface area contributed by atoms with Gasteiger partial charge in [-0.25, -0.2) is 4.98 Å². The predicted molar refractivity (Wildman–Crippen MR) is 118 cm³/mol. The summed E-state index contributed by atoms with van der Waals surface area (Å²) in [5.74, 6) is 0.499. The summed E-state index contributed by atoms with van der Waals surface area (Å²) in [6.07, 6.45) is 2.15. The maximum absolute atomic E-state index is 12.9. The first kappa shape index (κ1) is 22.1. The SMILES string of the molecule is CC(C)CC(NC(=O)c1ccc(Cl)cc1)C(=O)Nc1ccc(N2CCOCC2)nc1. The molecule has 0 bridgehead atoms. The summed E-state index contributed by atoms with van der Waals surface area (Å²) in [6.45, 7) is 6.98. The van der Waals surface area contributed by atoms with E-state index in [-0.39, 0.29) is 17.7 Å². The molecule has 1 unspecified atom stereocenters. The number of ether oxygens (including phenoxy) is 1. The highest BCUT2D eigenvalue weighted by Gasteiger charge is 2.23. The molecule has 2 heterocycles. The summed E-state index contributed by atoms with van der Waals surface area (Å²) in [5.41, 5.74) is 1.05. The van der Waals surface area contributed by atoms with Crippen LogP contribution in [0.15, 0.2) is 42.6 Å². The van der Waals surface area contributed by atoms with Crippen LogP contribution in [0.5, 0.6) is 0 Å². The van der Waals surface area contributed by atoms with Crippen LogP contribution in [0.25, 0.3) is 0 Å². The molecule has 1 aromatic carbocycles. The second-order valence-corrected chi connectivity index (χ2v) is 8.09. The molecule has 2 N–H and O–H groups in total. The third-order valence-electron chi connectivity index (χ3n) is 4.79. The van der Waals surface area contributed by atoms with E-state index in [1.165, 1.54) is 0 Å². The second-order valence-electron chi connectivity index (χ2n) is 7.66. The van der Waals surface area contributed by atoms with Crippen molar-refractivity contribution in [2.75, 3.05) is 36.5 Å². The van der Waals surface area contributed by atoms with Crippen LogP contribution in [-0.2, 0) is 9.53 Å². The van der Waals surface area contributed by atoms with Crippen LogP contribution in [0.2, 0.25) is 5.02 Å². The van der Waals surface area contributed by atoms with Crippen molar-refractivity contribution in [2.24, 2.45) is 5.92 Å². The van der Waals surface area contributed by atoms with Crippen LogP contribution in [0.4, 0.5) is 11.5 Å². The minimum atomic E-state index is -0.660. The Morgan fingerprint density at radius 2 is 1.83 bits per heavy atom. The lowest BCUT2D eigenvalue weighted by molar-refractivity contribution is -0.118.